The van der Waals surface area contributed by atoms with Crippen LogP contribution < -0.4 is 10.1 Å². The van der Waals surface area contributed by atoms with E-state index in [1.165, 1.54) is 0 Å². The zero-order valence-electron chi connectivity index (χ0n) is 11.5. The molecule has 0 amide bonds. The van der Waals surface area contributed by atoms with E-state index in [1.807, 2.05) is 49.5 Å². The van der Waals surface area contributed by atoms with E-state index in [2.05, 4.69) is 28.2 Å². The van der Waals surface area contributed by atoms with Crippen LogP contribution in [-0.4, -0.2) is 7.05 Å². The second-order valence-electron chi connectivity index (χ2n) is 4.57. The van der Waals surface area contributed by atoms with E-state index in [9.17, 15) is 0 Å². The molecular formula is C16H17BrClNO. The summed E-state index contributed by atoms with van der Waals surface area (Å²) in [6, 6.07) is 14.0. The summed E-state index contributed by atoms with van der Waals surface area (Å²) in [5.41, 5.74) is 2.18. The largest absolute Gasteiger partial charge is 0.489 e. The molecule has 0 radical (unpaired) electrons. The molecule has 0 bridgehead atoms. The first-order valence-electron chi connectivity index (χ1n) is 6.44. The zero-order valence-corrected chi connectivity index (χ0v) is 13.8. The highest BCUT2D eigenvalue weighted by Crippen LogP contribution is 2.28. The predicted octanol–water partition coefficient (Wildman–Crippen LogP) is 4.96. The molecule has 4 heteroatoms. The molecule has 0 heterocycles. The van der Waals surface area contributed by atoms with Crippen molar-refractivity contribution in [1.82, 2.24) is 5.32 Å². The van der Waals surface area contributed by atoms with Crippen molar-refractivity contribution in [2.45, 2.75) is 19.6 Å². The summed E-state index contributed by atoms with van der Waals surface area (Å²) in [5, 5.41) is 3.89. The highest BCUT2D eigenvalue weighted by Gasteiger charge is 2.09. The van der Waals surface area contributed by atoms with Crippen molar-refractivity contribution in [3.05, 3.63) is 63.1 Å². The standard InChI is InChI=1S/C16H17BrClNO/c1-11(19-2)14-8-7-13(9-16(14)18)20-10-12-5-3-4-6-15(12)17/h3-9,11,19H,10H2,1-2H3. The first-order chi connectivity index (χ1) is 9.61. The van der Waals surface area contributed by atoms with Gasteiger partial charge in [0.25, 0.3) is 0 Å². The summed E-state index contributed by atoms with van der Waals surface area (Å²) in [4.78, 5) is 0. The predicted molar refractivity (Wildman–Crippen MR) is 87.4 cm³/mol. The topological polar surface area (TPSA) is 21.3 Å². The van der Waals surface area contributed by atoms with Crippen LogP contribution in [0.3, 0.4) is 0 Å². The van der Waals surface area contributed by atoms with Crippen LogP contribution in [0.1, 0.15) is 24.1 Å². The van der Waals surface area contributed by atoms with E-state index in [4.69, 9.17) is 16.3 Å². The van der Waals surface area contributed by atoms with E-state index in [-0.39, 0.29) is 6.04 Å². The summed E-state index contributed by atoms with van der Waals surface area (Å²) >= 11 is 9.80. The summed E-state index contributed by atoms with van der Waals surface area (Å²) in [5.74, 6) is 0.776. The van der Waals surface area contributed by atoms with Gasteiger partial charge >= 0.3 is 0 Å². The maximum atomic E-state index is 6.29. The van der Waals surface area contributed by atoms with Crippen molar-refractivity contribution < 1.29 is 4.74 Å². The normalized spacial score (nSPS) is 12.2. The smallest absolute Gasteiger partial charge is 0.121 e. The molecule has 20 heavy (non-hydrogen) atoms. The van der Waals surface area contributed by atoms with E-state index in [0.717, 1.165) is 26.4 Å². The minimum absolute atomic E-state index is 0.222. The molecule has 0 spiro atoms. The van der Waals surface area contributed by atoms with Crippen LogP contribution in [0.25, 0.3) is 0 Å². The molecule has 0 saturated heterocycles. The average Bonchev–Trinajstić information content (AvgIpc) is 2.46. The Morgan fingerprint density at radius 2 is 2.00 bits per heavy atom. The number of nitrogens with one attached hydrogen (secondary N) is 1. The third-order valence-corrected chi connectivity index (χ3v) is 4.32. The Bertz CT molecular complexity index is 588. The van der Waals surface area contributed by atoms with Crippen molar-refractivity contribution in [2.75, 3.05) is 7.05 Å². The van der Waals surface area contributed by atoms with Gasteiger partial charge in [0.2, 0.25) is 0 Å². The van der Waals surface area contributed by atoms with E-state index < -0.39 is 0 Å². The maximum Gasteiger partial charge on any atom is 0.121 e. The number of ether oxygens (including phenoxy) is 1. The summed E-state index contributed by atoms with van der Waals surface area (Å²) < 4.78 is 6.83. The van der Waals surface area contributed by atoms with Gasteiger partial charge in [-0.15, -0.1) is 0 Å². The lowest BCUT2D eigenvalue weighted by Gasteiger charge is -2.14. The first kappa shape index (κ1) is 15.4. The molecule has 2 aromatic carbocycles. The lowest BCUT2D eigenvalue weighted by molar-refractivity contribution is 0.305. The van der Waals surface area contributed by atoms with Crippen LogP contribution in [0, 0.1) is 0 Å². The fourth-order valence-corrected chi connectivity index (χ4v) is 2.61. The third-order valence-electron chi connectivity index (χ3n) is 3.22. The lowest BCUT2D eigenvalue weighted by atomic mass is 10.1. The van der Waals surface area contributed by atoms with Crippen LogP contribution in [0.2, 0.25) is 5.02 Å². The van der Waals surface area contributed by atoms with Crippen LogP contribution in [0.4, 0.5) is 0 Å². The van der Waals surface area contributed by atoms with Gasteiger partial charge in [-0.05, 0) is 37.7 Å². The van der Waals surface area contributed by atoms with Crippen molar-refractivity contribution >= 4 is 27.5 Å². The van der Waals surface area contributed by atoms with Crippen LogP contribution in [-0.2, 0) is 6.61 Å². The second-order valence-corrected chi connectivity index (χ2v) is 5.84. The quantitative estimate of drug-likeness (QED) is 0.819. The first-order valence-corrected chi connectivity index (χ1v) is 7.62. The van der Waals surface area contributed by atoms with Crippen molar-refractivity contribution in [3.63, 3.8) is 0 Å². The Morgan fingerprint density at radius 1 is 1.25 bits per heavy atom. The molecule has 0 saturated carbocycles. The average molecular weight is 355 g/mol. The fourth-order valence-electron chi connectivity index (χ4n) is 1.88. The van der Waals surface area contributed by atoms with Gasteiger partial charge < -0.3 is 10.1 Å². The van der Waals surface area contributed by atoms with Gasteiger partial charge in [-0.2, -0.15) is 0 Å². The monoisotopic (exact) mass is 353 g/mol. The number of benzene rings is 2. The molecule has 1 N–H and O–H groups in total. The molecule has 0 fully saturated rings. The van der Waals surface area contributed by atoms with Gasteiger partial charge in [0.1, 0.15) is 12.4 Å². The number of hydrogen-bond donors (Lipinski definition) is 1. The summed E-state index contributed by atoms with van der Waals surface area (Å²) in [7, 11) is 1.92. The minimum Gasteiger partial charge on any atom is -0.489 e. The van der Waals surface area contributed by atoms with Crippen molar-refractivity contribution in [3.8, 4) is 5.75 Å². The van der Waals surface area contributed by atoms with Crippen LogP contribution in [0.15, 0.2) is 46.9 Å². The molecule has 1 unspecified atom stereocenters. The van der Waals surface area contributed by atoms with E-state index >= 15 is 0 Å². The van der Waals surface area contributed by atoms with Crippen LogP contribution >= 0.6 is 27.5 Å². The zero-order chi connectivity index (χ0) is 14.5. The molecule has 2 nitrogen and oxygen atoms in total. The van der Waals surface area contributed by atoms with E-state index in [0.29, 0.717) is 6.61 Å². The van der Waals surface area contributed by atoms with Gasteiger partial charge in [-0.1, -0.05) is 51.8 Å². The Morgan fingerprint density at radius 3 is 2.65 bits per heavy atom. The molecule has 0 aliphatic heterocycles. The van der Waals surface area contributed by atoms with Gasteiger partial charge in [-0.25, -0.2) is 0 Å². The third kappa shape index (κ3) is 3.75. The highest BCUT2D eigenvalue weighted by atomic mass is 79.9. The fraction of sp³-hybridized carbons (Fsp3) is 0.250. The molecule has 0 aliphatic carbocycles. The summed E-state index contributed by atoms with van der Waals surface area (Å²) in [6.45, 7) is 2.58. The SMILES string of the molecule is CNC(C)c1ccc(OCc2ccccc2Br)cc1Cl. The maximum absolute atomic E-state index is 6.29. The molecular weight excluding hydrogens is 338 g/mol. The molecule has 1 atom stereocenters. The molecule has 2 rings (SSSR count). The molecule has 0 aliphatic rings. The second kappa shape index (κ2) is 7.11. The van der Waals surface area contributed by atoms with Gasteiger partial charge in [-0.3, -0.25) is 0 Å². The lowest BCUT2D eigenvalue weighted by Crippen LogP contribution is -2.12. The Kier molecular flexibility index (Phi) is 5.46. The molecule has 2 aromatic rings. The van der Waals surface area contributed by atoms with E-state index in [1.54, 1.807) is 0 Å². The Balaban J connectivity index is 2.08. The minimum atomic E-state index is 0.222. The van der Waals surface area contributed by atoms with Crippen LogP contribution in [0.5, 0.6) is 5.75 Å². The molecule has 106 valence electrons. The van der Waals surface area contributed by atoms with Crippen molar-refractivity contribution in [1.29, 1.82) is 0 Å². The Labute approximate surface area is 133 Å². The highest BCUT2D eigenvalue weighted by molar-refractivity contribution is 9.10. The van der Waals surface area contributed by atoms with Gasteiger partial charge in [0.15, 0.2) is 0 Å². The van der Waals surface area contributed by atoms with Gasteiger partial charge in [0.05, 0.1) is 0 Å². The number of halogens is 2. The summed E-state index contributed by atoms with van der Waals surface area (Å²) in [6.07, 6.45) is 0. The number of hydrogen-bond acceptors (Lipinski definition) is 2. The molecule has 0 aromatic heterocycles. The Hall–Kier alpha value is -1.03. The number of rotatable bonds is 5. The van der Waals surface area contributed by atoms with Gasteiger partial charge in [0, 0.05) is 21.1 Å². The van der Waals surface area contributed by atoms with Crippen molar-refractivity contribution in [2.24, 2.45) is 0 Å².